The summed E-state index contributed by atoms with van der Waals surface area (Å²) < 4.78 is 0. The van der Waals surface area contributed by atoms with Gasteiger partial charge in [-0.2, -0.15) is 0 Å². The third-order valence-corrected chi connectivity index (χ3v) is 0.805. The Morgan fingerprint density at radius 2 is 2.25 bits per heavy atom. The molecule has 0 heterocycles. The Morgan fingerprint density at radius 1 is 1.62 bits per heavy atom. The molecule has 0 aromatic carbocycles. The van der Waals surface area contributed by atoms with Crippen LogP contribution in [-0.2, 0) is 0 Å². The van der Waals surface area contributed by atoms with Crippen molar-refractivity contribution in [3.8, 4) is 0 Å². The highest BCUT2D eigenvalue weighted by atomic mass is 14.7. The number of rotatable bonds is 2. The van der Waals surface area contributed by atoms with E-state index < -0.39 is 0 Å². The van der Waals surface area contributed by atoms with Crippen molar-refractivity contribution in [3.05, 3.63) is 24.8 Å². The van der Waals surface area contributed by atoms with E-state index >= 15 is 0 Å². The van der Waals surface area contributed by atoms with Crippen molar-refractivity contribution in [2.24, 2.45) is 4.99 Å². The van der Waals surface area contributed by atoms with Crippen LogP contribution in [0, 0.1) is 0 Å². The minimum absolute atomic E-state index is 0.924. The summed E-state index contributed by atoms with van der Waals surface area (Å²) in [5, 5.41) is 0. The first-order valence-corrected chi connectivity index (χ1v) is 2.57. The molecular weight excluding hydrogens is 98.1 g/mol. The van der Waals surface area contributed by atoms with Gasteiger partial charge in [0.15, 0.2) is 0 Å². The van der Waals surface area contributed by atoms with Gasteiger partial charge >= 0.3 is 0 Å². The van der Waals surface area contributed by atoms with E-state index in [0.29, 0.717) is 0 Å². The van der Waals surface area contributed by atoms with Crippen LogP contribution in [0.4, 0.5) is 0 Å². The molecule has 0 spiro atoms. The summed E-state index contributed by atoms with van der Waals surface area (Å²) >= 11 is 0. The molecule has 0 radical (unpaired) electrons. The van der Waals surface area contributed by atoms with E-state index in [4.69, 9.17) is 0 Å². The molecule has 0 aromatic rings. The molecule has 0 unspecified atom stereocenters. The molecule has 0 aliphatic heterocycles. The first-order valence-electron chi connectivity index (χ1n) is 2.57. The van der Waals surface area contributed by atoms with Crippen molar-refractivity contribution in [3.63, 3.8) is 0 Å². The third kappa shape index (κ3) is 2.35. The van der Waals surface area contributed by atoms with Gasteiger partial charge in [-0.25, -0.2) is 0 Å². The molecule has 1 heteroatoms. The Balaban J connectivity index is 3.91. The van der Waals surface area contributed by atoms with Crippen LogP contribution in [0.5, 0.6) is 0 Å². The summed E-state index contributed by atoms with van der Waals surface area (Å²) in [7, 11) is 1.75. The quantitative estimate of drug-likeness (QED) is 0.479. The highest BCUT2D eigenvalue weighted by Gasteiger charge is 1.76. The monoisotopic (exact) mass is 109 g/mol. The highest BCUT2D eigenvalue weighted by Crippen LogP contribution is 1.80. The van der Waals surface area contributed by atoms with Crippen LogP contribution in [-0.4, -0.2) is 12.8 Å². The second kappa shape index (κ2) is 4.31. The minimum atomic E-state index is 0.924. The van der Waals surface area contributed by atoms with Crippen molar-refractivity contribution in [1.29, 1.82) is 0 Å². The average molecular weight is 109 g/mol. The maximum atomic E-state index is 3.91. The molecule has 0 bridgehead atoms. The number of nitrogens with zero attached hydrogens (tertiary/aromatic N) is 1. The van der Waals surface area contributed by atoms with Crippen LogP contribution < -0.4 is 0 Å². The van der Waals surface area contributed by atoms with Gasteiger partial charge in [-0.15, -0.1) is 0 Å². The fourth-order valence-electron chi connectivity index (χ4n) is 0.405. The van der Waals surface area contributed by atoms with E-state index in [1.165, 1.54) is 0 Å². The zero-order valence-corrected chi connectivity index (χ0v) is 5.39. The Morgan fingerprint density at radius 3 is 2.38 bits per heavy atom. The zero-order chi connectivity index (χ0) is 6.41. The summed E-state index contributed by atoms with van der Waals surface area (Å²) in [4.78, 5) is 3.91. The van der Waals surface area contributed by atoms with Crippen molar-refractivity contribution in [2.45, 2.75) is 6.92 Å². The fraction of sp³-hybridized carbons (Fsp3) is 0.286. The molecule has 0 aliphatic carbocycles. The minimum Gasteiger partial charge on any atom is -0.289 e. The molecule has 0 saturated carbocycles. The lowest BCUT2D eigenvalue weighted by Crippen LogP contribution is -1.82. The van der Waals surface area contributed by atoms with E-state index in [1.807, 2.05) is 19.1 Å². The van der Waals surface area contributed by atoms with Crippen LogP contribution >= 0.6 is 0 Å². The van der Waals surface area contributed by atoms with Gasteiger partial charge in [0.1, 0.15) is 0 Å². The van der Waals surface area contributed by atoms with E-state index in [9.17, 15) is 0 Å². The molecule has 0 saturated heterocycles. The number of allylic oxidation sites excluding steroid dienone is 3. The molecule has 0 aliphatic rings. The van der Waals surface area contributed by atoms with Crippen LogP contribution in [0.15, 0.2) is 29.8 Å². The van der Waals surface area contributed by atoms with Gasteiger partial charge in [0, 0.05) is 7.05 Å². The molecule has 0 rings (SSSR count). The number of hydrogen-bond donors (Lipinski definition) is 0. The lowest BCUT2D eigenvalue weighted by molar-refractivity contribution is 1.45. The predicted molar refractivity (Wildman–Crippen MR) is 38.4 cm³/mol. The van der Waals surface area contributed by atoms with Gasteiger partial charge in [0.2, 0.25) is 0 Å². The Kier molecular flexibility index (Phi) is 3.85. The largest absolute Gasteiger partial charge is 0.289 e. The molecule has 1 nitrogen and oxygen atoms in total. The molecule has 0 N–H and O–H groups in total. The Labute approximate surface area is 50.4 Å². The Bertz CT molecular complexity index is 120. The lowest BCUT2D eigenvalue weighted by Gasteiger charge is -1.83. The van der Waals surface area contributed by atoms with Gasteiger partial charge in [-0.05, 0) is 19.1 Å². The topological polar surface area (TPSA) is 12.4 Å². The maximum Gasteiger partial charge on any atom is 0.0561 e. The van der Waals surface area contributed by atoms with E-state index in [1.54, 1.807) is 13.1 Å². The van der Waals surface area contributed by atoms with Gasteiger partial charge in [-0.3, -0.25) is 4.99 Å². The first kappa shape index (κ1) is 7.15. The molecule has 0 aromatic heterocycles. The van der Waals surface area contributed by atoms with Crippen LogP contribution in [0.2, 0.25) is 0 Å². The molecular formula is C7H11N. The molecule has 0 atom stereocenters. The number of aliphatic imine (C=N–C) groups is 1. The Hall–Kier alpha value is -0.850. The molecule has 8 heavy (non-hydrogen) atoms. The maximum absolute atomic E-state index is 3.91. The van der Waals surface area contributed by atoms with E-state index in [-0.39, 0.29) is 0 Å². The van der Waals surface area contributed by atoms with Gasteiger partial charge in [-0.1, -0.05) is 12.7 Å². The fourth-order valence-corrected chi connectivity index (χ4v) is 0.405. The van der Waals surface area contributed by atoms with Crippen LogP contribution in [0.3, 0.4) is 0 Å². The predicted octanol–water partition coefficient (Wildman–Crippen LogP) is 1.82. The molecule has 44 valence electrons. The van der Waals surface area contributed by atoms with Crippen LogP contribution in [0.1, 0.15) is 6.92 Å². The molecule has 0 fully saturated rings. The second-order valence-corrected chi connectivity index (χ2v) is 1.35. The molecule has 0 amide bonds. The van der Waals surface area contributed by atoms with Gasteiger partial charge in [0.25, 0.3) is 0 Å². The summed E-state index contributed by atoms with van der Waals surface area (Å²) in [5.74, 6) is 0. The lowest BCUT2D eigenvalue weighted by atomic mass is 10.3. The van der Waals surface area contributed by atoms with E-state index in [2.05, 4.69) is 11.6 Å². The first-order chi connectivity index (χ1) is 3.85. The normalized spacial score (nSPS) is 12.5. The summed E-state index contributed by atoms with van der Waals surface area (Å²) in [5.41, 5.74) is 0.924. The van der Waals surface area contributed by atoms with Crippen molar-refractivity contribution >= 4 is 5.71 Å². The summed E-state index contributed by atoms with van der Waals surface area (Å²) in [6.45, 7) is 5.52. The SMILES string of the molecule is C=CC(/C=C/C)=NC. The smallest absolute Gasteiger partial charge is 0.0561 e. The second-order valence-electron chi connectivity index (χ2n) is 1.35. The van der Waals surface area contributed by atoms with Gasteiger partial charge < -0.3 is 0 Å². The summed E-state index contributed by atoms with van der Waals surface area (Å²) in [6.07, 6.45) is 5.57. The standard InChI is InChI=1S/C7H11N/c1-4-6-7(5-2)8-3/h4-6H,2H2,1,3H3/b6-4+,8-7?. The average Bonchev–Trinajstić information content (AvgIpc) is 1.83. The van der Waals surface area contributed by atoms with Crippen LogP contribution in [0.25, 0.3) is 0 Å². The number of hydrogen-bond acceptors (Lipinski definition) is 1. The van der Waals surface area contributed by atoms with Gasteiger partial charge in [0.05, 0.1) is 5.71 Å². The van der Waals surface area contributed by atoms with E-state index in [0.717, 1.165) is 5.71 Å². The summed E-state index contributed by atoms with van der Waals surface area (Å²) in [6, 6.07) is 0. The van der Waals surface area contributed by atoms with Crippen molar-refractivity contribution in [2.75, 3.05) is 7.05 Å². The third-order valence-electron chi connectivity index (χ3n) is 0.805. The van der Waals surface area contributed by atoms with Crippen molar-refractivity contribution < 1.29 is 0 Å². The zero-order valence-electron chi connectivity index (χ0n) is 5.39. The highest BCUT2D eigenvalue weighted by molar-refractivity contribution is 6.03. The van der Waals surface area contributed by atoms with Crippen molar-refractivity contribution in [1.82, 2.24) is 0 Å².